The second-order valence-electron chi connectivity index (χ2n) is 7.44. The fraction of sp³-hybridized carbons (Fsp3) is 0.941. The summed E-state index contributed by atoms with van der Waals surface area (Å²) >= 11 is 0. The smallest absolute Gasteiger partial charge is 0.407 e. The highest BCUT2D eigenvalue weighted by molar-refractivity contribution is 5.68. The van der Waals surface area contributed by atoms with Gasteiger partial charge in [-0.3, -0.25) is 0 Å². The first-order chi connectivity index (χ1) is 10.8. The Balaban J connectivity index is 2.12. The molecule has 0 aliphatic heterocycles. The Morgan fingerprint density at radius 3 is 2.30 bits per heavy atom. The molecule has 0 radical (unpaired) electrons. The van der Waals surface area contributed by atoms with E-state index in [-0.39, 0.29) is 12.1 Å². The molecule has 6 heteroatoms. The number of methoxy groups -OCH3 is 1. The minimum atomic E-state index is -0.433. The van der Waals surface area contributed by atoms with Crippen molar-refractivity contribution in [3.05, 3.63) is 0 Å². The Kier molecular flexibility index (Phi) is 8.87. The largest absolute Gasteiger partial charge is 0.444 e. The standard InChI is InChI=1S/C17H35N3O3/c1-17(2,3)23-16(21)19-15-8-6-14(7-9-15)18-10-11-20(4)12-13-22-5/h14-15,18H,6-13H2,1-5H3,(H,19,21). The Labute approximate surface area is 141 Å². The SMILES string of the molecule is COCCN(C)CCNC1CCC(NC(=O)OC(C)(C)C)CC1. The lowest BCUT2D eigenvalue weighted by Gasteiger charge is -2.31. The lowest BCUT2D eigenvalue weighted by molar-refractivity contribution is 0.0489. The van der Waals surface area contributed by atoms with Crippen LogP contribution in [0.4, 0.5) is 4.79 Å². The summed E-state index contributed by atoms with van der Waals surface area (Å²) in [6.45, 7) is 9.42. The third-order valence-corrected chi connectivity index (χ3v) is 4.05. The van der Waals surface area contributed by atoms with Crippen molar-refractivity contribution in [3.8, 4) is 0 Å². The number of nitrogens with one attached hydrogen (secondary N) is 2. The van der Waals surface area contributed by atoms with Gasteiger partial charge < -0.3 is 25.0 Å². The third-order valence-electron chi connectivity index (χ3n) is 4.05. The van der Waals surface area contributed by atoms with Crippen molar-refractivity contribution in [1.29, 1.82) is 0 Å². The van der Waals surface area contributed by atoms with Crippen LogP contribution in [0.1, 0.15) is 46.5 Å². The highest BCUT2D eigenvalue weighted by Gasteiger charge is 2.24. The highest BCUT2D eigenvalue weighted by atomic mass is 16.6. The zero-order valence-corrected chi connectivity index (χ0v) is 15.5. The van der Waals surface area contributed by atoms with E-state index in [1.807, 2.05) is 20.8 Å². The second-order valence-corrected chi connectivity index (χ2v) is 7.44. The summed E-state index contributed by atoms with van der Waals surface area (Å²) in [6.07, 6.45) is 3.92. The number of nitrogens with zero attached hydrogens (tertiary/aromatic N) is 1. The fourth-order valence-corrected chi connectivity index (χ4v) is 2.73. The lowest BCUT2D eigenvalue weighted by atomic mass is 9.91. The van der Waals surface area contributed by atoms with Crippen LogP contribution < -0.4 is 10.6 Å². The molecule has 0 aromatic rings. The van der Waals surface area contributed by atoms with E-state index in [1.54, 1.807) is 7.11 Å². The van der Waals surface area contributed by atoms with E-state index in [0.717, 1.165) is 51.9 Å². The zero-order valence-electron chi connectivity index (χ0n) is 15.5. The Morgan fingerprint density at radius 1 is 1.13 bits per heavy atom. The van der Waals surface area contributed by atoms with Crippen LogP contribution in [0.15, 0.2) is 0 Å². The topological polar surface area (TPSA) is 62.8 Å². The molecule has 2 N–H and O–H groups in total. The first-order valence-electron chi connectivity index (χ1n) is 8.70. The second kappa shape index (κ2) is 10.1. The molecule has 0 bridgehead atoms. The van der Waals surface area contributed by atoms with Gasteiger partial charge in [0.25, 0.3) is 0 Å². The molecule has 136 valence electrons. The molecule has 1 aliphatic rings. The van der Waals surface area contributed by atoms with Gasteiger partial charge in [0.1, 0.15) is 5.60 Å². The number of carbonyl (C=O) groups excluding carboxylic acids is 1. The average molecular weight is 329 g/mol. The molecule has 23 heavy (non-hydrogen) atoms. The number of rotatable bonds is 8. The molecular formula is C17H35N3O3. The van der Waals surface area contributed by atoms with E-state index in [9.17, 15) is 4.79 Å². The maximum atomic E-state index is 11.8. The number of amides is 1. The van der Waals surface area contributed by atoms with Gasteiger partial charge in [-0.05, 0) is 53.5 Å². The minimum Gasteiger partial charge on any atom is -0.444 e. The first-order valence-corrected chi connectivity index (χ1v) is 8.70. The Hall–Kier alpha value is -0.850. The molecule has 0 saturated heterocycles. The van der Waals surface area contributed by atoms with Crippen LogP contribution in [0.5, 0.6) is 0 Å². The van der Waals surface area contributed by atoms with Crippen molar-refractivity contribution in [2.75, 3.05) is 40.4 Å². The van der Waals surface area contributed by atoms with Crippen LogP contribution in [0.25, 0.3) is 0 Å². The molecule has 0 spiro atoms. The molecule has 0 heterocycles. The normalized spacial score (nSPS) is 22.2. The maximum absolute atomic E-state index is 11.8. The molecule has 0 aromatic heterocycles. The summed E-state index contributed by atoms with van der Waals surface area (Å²) in [4.78, 5) is 14.0. The highest BCUT2D eigenvalue weighted by Crippen LogP contribution is 2.19. The van der Waals surface area contributed by atoms with Crippen LogP contribution >= 0.6 is 0 Å². The Morgan fingerprint density at radius 2 is 1.74 bits per heavy atom. The number of ether oxygens (including phenoxy) is 2. The van der Waals surface area contributed by atoms with Crippen molar-refractivity contribution >= 4 is 6.09 Å². The summed E-state index contributed by atoms with van der Waals surface area (Å²) in [6, 6.07) is 0.801. The maximum Gasteiger partial charge on any atom is 0.407 e. The van der Waals surface area contributed by atoms with E-state index in [0.29, 0.717) is 6.04 Å². The quantitative estimate of drug-likeness (QED) is 0.713. The van der Waals surface area contributed by atoms with Crippen LogP contribution in [0, 0.1) is 0 Å². The molecule has 1 rings (SSSR count). The predicted molar refractivity (Wildman–Crippen MR) is 92.8 cm³/mol. The molecular weight excluding hydrogens is 294 g/mol. The van der Waals surface area contributed by atoms with Crippen LogP contribution in [0.2, 0.25) is 0 Å². The predicted octanol–water partition coefficient (Wildman–Crippen LogP) is 1.99. The monoisotopic (exact) mass is 329 g/mol. The van der Waals surface area contributed by atoms with Crippen molar-refractivity contribution in [1.82, 2.24) is 15.5 Å². The van der Waals surface area contributed by atoms with Crippen molar-refractivity contribution in [2.24, 2.45) is 0 Å². The van der Waals surface area contributed by atoms with E-state index >= 15 is 0 Å². The molecule has 0 aromatic carbocycles. The van der Waals surface area contributed by atoms with E-state index in [4.69, 9.17) is 9.47 Å². The van der Waals surface area contributed by atoms with E-state index in [2.05, 4.69) is 22.6 Å². The molecule has 1 fully saturated rings. The number of hydrogen-bond donors (Lipinski definition) is 2. The lowest BCUT2D eigenvalue weighted by Crippen LogP contribution is -2.45. The van der Waals surface area contributed by atoms with Crippen molar-refractivity contribution in [3.63, 3.8) is 0 Å². The average Bonchev–Trinajstić information content (AvgIpc) is 2.45. The Bertz CT molecular complexity index is 336. The number of alkyl carbamates (subject to hydrolysis) is 1. The van der Waals surface area contributed by atoms with Crippen molar-refractivity contribution in [2.45, 2.75) is 64.1 Å². The van der Waals surface area contributed by atoms with Crippen LogP contribution in [-0.2, 0) is 9.47 Å². The summed E-state index contributed by atoms with van der Waals surface area (Å²) in [5.74, 6) is 0. The van der Waals surface area contributed by atoms with E-state index < -0.39 is 5.60 Å². The molecule has 1 saturated carbocycles. The van der Waals surface area contributed by atoms with Gasteiger partial charge in [0.15, 0.2) is 0 Å². The van der Waals surface area contributed by atoms with Crippen molar-refractivity contribution < 1.29 is 14.3 Å². The number of carbonyl (C=O) groups is 1. The zero-order chi connectivity index (χ0) is 17.3. The van der Waals surface area contributed by atoms with Crippen LogP contribution in [-0.4, -0.2) is 69.1 Å². The number of hydrogen-bond acceptors (Lipinski definition) is 5. The van der Waals surface area contributed by atoms with Gasteiger partial charge in [-0.2, -0.15) is 0 Å². The third kappa shape index (κ3) is 9.79. The van der Waals surface area contributed by atoms with Gasteiger partial charge in [-0.1, -0.05) is 0 Å². The van der Waals surface area contributed by atoms with Gasteiger partial charge >= 0.3 is 6.09 Å². The first kappa shape index (κ1) is 20.2. The van der Waals surface area contributed by atoms with Gasteiger partial charge in [-0.25, -0.2) is 4.79 Å². The number of likely N-dealkylation sites (N-methyl/N-ethyl adjacent to an activating group) is 1. The summed E-state index contributed by atoms with van der Waals surface area (Å²) < 4.78 is 10.4. The van der Waals surface area contributed by atoms with Gasteiger partial charge in [0.05, 0.1) is 6.61 Å². The summed E-state index contributed by atoms with van der Waals surface area (Å²) in [5.41, 5.74) is -0.433. The molecule has 0 unspecified atom stereocenters. The molecule has 1 amide bonds. The van der Waals surface area contributed by atoms with Gasteiger partial charge in [-0.15, -0.1) is 0 Å². The van der Waals surface area contributed by atoms with Gasteiger partial charge in [0, 0.05) is 38.8 Å². The van der Waals surface area contributed by atoms with E-state index in [1.165, 1.54) is 0 Å². The summed E-state index contributed by atoms with van der Waals surface area (Å²) in [7, 11) is 3.85. The molecule has 6 nitrogen and oxygen atoms in total. The van der Waals surface area contributed by atoms with Gasteiger partial charge in [0.2, 0.25) is 0 Å². The molecule has 0 atom stereocenters. The minimum absolute atomic E-state index is 0.243. The summed E-state index contributed by atoms with van der Waals surface area (Å²) in [5, 5.41) is 6.60. The molecule has 1 aliphatic carbocycles. The fourth-order valence-electron chi connectivity index (χ4n) is 2.73. The van der Waals surface area contributed by atoms with Crippen LogP contribution in [0.3, 0.4) is 0 Å².